The van der Waals surface area contributed by atoms with Crippen LogP contribution in [0.1, 0.15) is 22.7 Å². The Morgan fingerprint density at radius 2 is 1.94 bits per heavy atom. The van der Waals surface area contributed by atoms with Crippen molar-refractivity contribution >= 4 is 0 Å². The van der Waals surface area contributed by atoms with E-state index in [4.69, 9.17) is 10.5 Å². The molecule has 2 aromatic rings. The minimum atomic E-state index is -0.206. The van der Waals surface area contributed by atoms with Gasteiger partial charge >= 0.3 is 0 Å². The molecule has 0 radical (unpaired) electrons. The fraction of sp³-hybridized carbons (Fsp3) is 0.231. The van der Waals surface area contributed by atoms with Gasteiger partial charge in [0.2, 0.25) is 0 Å². The van der Waals surface area contributed by atoms with Crippen LogP contribution in [-0.2, 0) is 0 Å². The van der Waals surface area contributed by atoms with Gasteiger partial charge in [-0.05, 0) is 30.2 Å². The highest BCUT2D eigenvalue weighted by Crippen LogP contribution is 2.24. The van der Waals surface area contributed by atoms with Crippen molar-refractivity contribution in [2.45, 2.75) is 13.0 Å². The molecule has 0 aliphatic rings. The molecule has 1 unspecified atom stereocenters. The van der Waals surface area contributed by atoms with Crippen LogP contribution in [0.2, 0.25) is 0 Å². The fourth-order valence-corrected chi connectivity index (χ4v) is 1.77. The maximum atomic E-state index is 6.19. The Morgan fingerprint density at radius 3 is 2.53 bits per heavy atom. The second-order valence-electron chi connectivity index (χ2n) is 3.87. The van der Waals surface area contributed by atoms with Gasteiger partial charge in [-0.1, -0.05) is 6.07 Å². The first kappa shape index (κ1) is 11.5. The van der Waals surface area contributed by atoms with Gasteiger partial charge in [-0.15, -0.1) is 0 Å². The van der Waals surface area contributed by atoms with Crippen LogP contribution in [0, 0.1) is 6.92 Å². The van der Waals surface area contributed by atoms with Crippen LogP contribution in [0.15, 0.2) is 36.9 Å². The topological polar surface area (TPSA) is 61.0 Å². The first-order valence-corrected chi connectivity index (χ1v) is 5.37. The molecule has 0 aliphatic carbocycles. The van der Waals surface area contributed by atoms with Gasteiger partial charge in [-0.2, -0.15) is 0 Å². The molecule has 0 fully saturated rings. The Morgan fingerprint density at radius 1 is 1.24 bits per heavy atom. The smallest absolute Gasteiger partial charge is 0.119 e. The number of nitrogens with zero attached hydrogens (tertiary/aromatic N) is 2. The maximum absolute atomic E-state index is 6.19. The van der Waals surface area contributed by atoms with Crippen LogP contribution in [0.3, 0.4) is 0 Å². The van der Waals surface area contributed by atoms with Crippen LogP contribution in [0.25, 0.3) is 0 Å². The predicted molar refractivity (Wildman–Crippen MR) is 65.8 cm³/mol. The van der Waals surface area contributed by atoms with Crippen LogP contribution >= 0.6 is 0 Å². The van der Waals surface area contributed by atoms with E-state index in [-0.39, 0.29) is 6.04 Å². The summed E-state index contributed by atoms with van der Waals surface area (Å²) in [6.45, 7) is 2.02. The Kier molecular flexibility index (Phi) is 3.35. The highest BCUT2D eigenvalue weighted by Gasteiger charge is 2.12. The van der Waals surface area contributed by atoms with Gasteiger partial charge in [0, 0.05) is 18.0 Å². The Hall–Kier alpha value is -1.94. The molecule has 0 aliphatic heterocycles. The zero-order chi connectivity index (χ0) is 12.3. The summed E-state index contributed by atoms with van der Waals surface area (Å²) >= 11 is 0. The molecule has 4 nitrogen and oxygen atoms in total. The van der Waals surface area contributed by atoms with E-state index < -0.39 is 0 Å². The minimum absolute atomic E-state index is 0.206. The molecule has 1 atom stereocenters. The monoisotopic (exact) mass is 229 g/mol. The third-order valence-electron chi connectivity index (χ3n) is 2.75. The number of rotatable bonds is 3. The Balaban J connectivity index is 2.34. The summed E-state index contributed by atoms with van der Waals surface area (Å²) in [4.78, 5) is 7.96. The van der Waals surface area contributed by atoms with Crippen molar-refractivity contribution < 1.29 is 4.74 Å². The minimum Gasteiger partial charge on any atom is -0.497 e. The standard InChI is InChI=1S/C13H15N3O/c1-9-5-11(17-2)3-4-12(9)13(14)10-6-15-8-16-7-10/h3-8,13H,14H2,1-2H3. The maximum Gasteiger partial charge on any atom is 0.119 e. The number of nitrogens with two attached hydrogens (primary N) is 1. The van der Waals surface area contributed by atoms with E-state index in [0.717, 1.165) is 22.4 Å². The normalized spacial score (nSPS) is 12.2. The van der Waals surface area contributed by atoms with Gasteiger partial charge in [0.15, 0.2) is 0 Å². The molecule has 0 amide bonds. The molecule has 17 heavy (non-hydrogen) atoms. The summed E-state index contributed by atoms with van der Waals surface area (Å²) in [6, 6.07) is 5.65. The summed E-state index contributed by atoms with van der Waals surface area (Å²) < 4.78 is 5.17. The van der Waals surface area contributed by atoms with E-state index in [2.05, 4.69) is 9.97 Å². The van der Waals surface area contributed by atoms with Gasteiger partial charge in [0.25, 0.3) is 0 Å². The van der Waals surface area contributed by atoms with E-state index in [0.29, 0.717) is 0 Å². The molecule has 0 bridgehead atoms. The summed E-state index contributed by atoms with van der Waals surface area (Å²) in [5.41, 5.74) is 9.25. The molecule has 2 N–H and O–H groups in total. The predicted octanol–water partition coefficient (Wildman–Crippen LogP) is 1.84. The first-order chi connectivity index (χ1) is 8.22. The molecular formula is C13H15N3O. The zero-order valence-corrected chi connectivity index (χ0v) is 9.92. The van der Waals surface area contributed by atoms with E-state index in [9.17, 15) is 0 Å². The van der Waals surface area contributed by atoms with Crippen molar-refractivity contribution in [3.8, 4) is 5.75 Å². The number of methoxy groups -OCH3 is 1. The number of benzene rings is 1. The SMILES string of the molecule is COc1ccc(C(N)c2cncnc2)c(C)c1. The van der Waals surface area contributed by atoms with Crippen molar-refractivity contribution in [1.82, 2.24) is 9.97 Å². The van der Waals surface area contributed by atoms with Crippen molar-refractivity contribution in [2.24, 2.45) is 5.73 Å². The Bertz CT molecular complexity index is 499. The van der Waals surface area contributed by atoms with E-state index in [1.165, 1.54) is 6.33 Å². The number of hydrogen-bond donors (Lipinski definition) is 1. The summed E-state index contributed by atoms with van der Waals surface area (Å²) in [7, 11) is 1.65. The molecule has 2 rings (SSSR count). The number of aryl methyl sites for hydroxylation is 1. The number of aromatic nitrogens is 2. The molecule has 1 heterocycles. The molecule has 4 heteroatoms. The Labute approximate surface area is 100 Å². The fourth-order valence-electron chi connectivity index (χ4n) is 1.77. The largest absolute Gasteiger partial charge is 0.497 e. The van der Waals surface area contributed by atoms with Crippen LogP contribution in [-0.4, -0.2) is 17.1 Å². The molecular weight excluding hydrogens is 214 g/mol. The third kappa shape index (κ3) is 2.42. The second-order valence-corrected chi connectivity index (χ2v) is 3.87. The van der Waals surface area contributed by atoms with E-state index >= 15 is 0 Å². The van der Waals surface area contributed by atoms with Crippen LogP contribution in [0.4, 0.5) is 0 Å². The van der Waals surface area contributed by atoms with Crippen LogP contribution in [0.5, 0.6) is 5.75 Å². The van der Waals surface area contributed by atoms with Crippen LogP contribution < -0.4 is 10.5 Å². The molecule has 0 spiro atoms. The van der Waals surface area contributed by atoms with E-state index in [1.807, 2.05) is 25.1 Å². The second kappa shape index (κ2) is 4.93. The van der Waals surface area contributed by atoms with Gasteiger partial charge in [0.1, 0.15) is 12.1 Å². The highest BCUT2D eigenvalue weighted by atomic mass is 16.5. The number of hydrogen-bond acceptors (Lipinski definition) is 4. The lowest BCUT2D eigenvalue weighted by atomic mass is 9.97. The van der Waals surface area contributed by atoms with Crippen molar-refractivity contribution in [3.63, 3.8) is 0 Å². The van der Waals surface area contributed by atoms with Gasteiger partial charge in [-0.3, -0.25) is 0 Å². The molecule has 0 saturated heterocycles. The molecule has 88 valence electrons. The summed E-state index contributed by atoms with van der Waals surface area (Å²) in [5.74, 6) is 0.836. The van der Waals surface area contributed by atoms with Gasteiger partial charge in [-0.25, -0.2) is 9.97 Å². The van der Waals surface area contributed by atoms with Crippen molar-refractivity contribution in [3.05, 3.63) is 53.6 Å². The highest BCUT2D eigenvalue weighted by molar-refractivity contribution is 5.39. The average Bonchev–Trinajstić information content (AvgIpc) is 2.39. The molecule has 0 saturated carbocycles. The third-order valence-corrected chi connectivity index (χ3v) is 2.75. The lowest BCUT2D eigenvalue weighted by Crippen LogP contribution is -2.13. The molecule has 1 aromatic heterocycles. The van der Waals surface area contributed by atoms with Crippen molar-refractivity contribution in [2.75, 3.05) is 7.11 Å². The van der Waals surface area contributed by atoms with Crippen molar-refractivity contribution in [1.29, 1.82) is 0 Å². The number of ether oxygens (including phenoxy) is 1. The lowest BCUT2D eigenvalue weighted by molar-refractivity contribution is 0.414. The lowest BCUT2D eigenvalue weighted by Gasteiger charge is -2.15. The quantitative estimate of drug-likeness (QED) is 0.872. The first-order valence-electron chi connectivity index (χ1n) is 5.37. The molecule has 1 aromatic carbocycles. The summed E-state index contributed by atoms with van der Waals surface area (Å²) in [5, 5.41) is 0. The average molecular weight is 229 g/mol. The van der Waals surface area contributed by atoms with Gasteiger partial charge in [0.05, 0.1) is 13.2 Å². The summed E-state index contributed by atoms with van der Waals surface area (Å²) in [6.07, 6.45) is 4.97. The zero-order valence-electron chi connectivity index (χ0n) is 9.92. The van der Waals surface area contributed by atoms with Gasteiger partial charge < -0.3 is 10.5 Å². The van der Waals surface area contributed by atoms with E-state index in [1.54, 1.807) is 19.5 Å².